The summed E-state index contributed by atoms with van der Waals surface area (Å²) in [7, 11) is 0. The van der Waals surface area contributed by atoms with Crippen molar-refractivity contribution in [2.45, 2.75) is 19.3 Å². The van der Waals surface area contributed by atoms with E-state index in [0.717, 1.165) is 45.0 Å². The van der Waals surface area contributed by atoms with Gasteiger partial charge in [0.15, 0.2) is 5.82 Å². The molecule has 0 radical (unpaired) electrons. The molecule has 0 fully saturated rings. The molecule has 2 nitrogen and oxygen atoms in total. The number of benzene rings is 6. The van der Waals surface area contributed by atoms with Crippen LogP contribution in [0, 0.1) is 0 Å². The van der Waals surface area contributed by atoms with Crippen LogP contribution < -0.4 is 0 Å². The van der Waals surface area contributed by atoms with Crippen LogP contribution in [0.4, 0.5) is 0 Å². The standard InChI is InChI=1S/C43H32N2/c1-43(2)37-21-10-9-19-36(37)41-35(20-12-22-38(41)43)30-25-23-29(24-26-30)33-17-11-18-34(27-33)42-44-39(31-13-5-3-6-14-31)28-40(45-42)32-15-7-4-8-16-32/h3-28H,1-2H3. The molecule has 1 aromatic heterocycles. The second-order valence-electron chi connectivity index (χ2n) is 12.3. The fourth-order valence-corrected chi connectivity index (χ4v) is 6.77. The van der Waals surface area contributed by atoms with Gasteiger partial charge in [0.1, 0.15) is 0 Å². The van der Waals surface area contributed by atoms with E-state index in [9.17, 15) is 0 Å². The van der Waals surface area contributed by atoms with E-state index in [2.05, 4.69) is 135 Å². The molecule has 8 rings (SSSR count). The molecular formula is C43H32N2. The Labute approximate surface area is 264 Å². The fraction of sp³-hybridized carbons (Fsp3) is 0.0698. The smallest absolute Gasteiger partial charge is 0.160 e. The summed E-state index contributed by atoms with van der Waals surface area (Å²) < 4.78 is 0. The zero-order valence-electron chi connectivity index (χ0n) is 25.4. The molecule has 2 heteroatoms. The molecule has 214 valence electrons. The molecule has 0 amide bonds. The second kappa shape index (κ2) is 10.8. The average Bonchev–Trinajstić information content (AvgIpc) is 3.35. The molecule has 0 aliphatic heterocycles. The van der Waals surface area contributed by atoms with Crippen molar-refractivity contribution >= 4 is 0 Å². The Kier molecular flexibility index (Phi) is 6.50. The van der Waals surface area contributed by atoms with Crippen LogP contribution in [-0.4, -0.2) is 9.97 Å². The lowest BCUT2D eigenvalue weighted by molar-refractivity contribution is 0.660. The van der Waals surface area contributed by atoms with Crippen molar-refractivity contribution < 1.29 is 0 Å². The molecular weight excluding hydrogens is 544 g/mol. The molecule has 1 aliphatic rings. The Morgan fingerprint density at radius 1 is 0.378 bits per heavy atom. The summed E-state index contributed by atoms with van der Waals surface area (Å²) in [4.78, 5) is 10.1. The van der Waals surface area contributed by atoms with Gasteiger partial charge in [-0.25, -0.2) is 9.97 Å². The number of hydrogen-bond acceptors (Lipinski definition) is 2. The van der Waals surface area contributed by atoms with Crippen LogP contribution in [0.1, 0.15) is 25.0 Å². The number of rotatable bonds is 5. The monoisotopic (exact) mass is 576 g/mol. The quantitative estimate of drug-likeness (QED) is 0.204. The van der Waals surface area contributed by atoms with Crippen LogP contribution in [0.15, 0.2) is 158 Å². The van der Waals surface area contributed by atoms with Gasteiger partial charge in [-0.1, -0.05) is 159 Å². The molecule has 45 heavy (non-hydrogen) atoms. The molecule has 0 N–H and O–H groups in total. The second-order valence-corrected chi connectivity index (χ2v) is 12.3. The first-order chi connectivity index (χ1) is 22.1. The molecule has 0 atom stereocenters. The third kappa shape index (κ3) is 4.76. The lowest BCUT2D eigenvalue weighted by Gasteiger charge is -2.21. The van der Waals surface area contributed by atoms with Gasteiger partial charge in [0.05, 0.1) is 11.4 Å². The van der Waals surface area contributed by atoms with Crippen molar-refractivity contribution in [3.05, 3.63) is 169 Å². The molecule has 1 aliphatic carbocycles. The van der Waals surface area contributed by atoms with Crippen LogP contribution in [0.3, 0.4) is 0 Å². The molecule has 0 saturated heterocycles. The van der Waals surface area contributed by atoms with Crippen LogP contribution in [0.2, 0.25) is 0 Å². The zero-order valence-corrected chi connectivity index (χ0v) is 25.4. The number of hydrogen-bond donors (Lipinski definition) is 0. The lowest BCUT2D eigenvalue weighted by Crippen LogP contribution is -2.14. The highest BCUT2D eigenvalue weighted by Crippen LogP contribution is 2.52. The van der Waals surface area contributed by atoms with Gasteiger partial charge < -0.3 is 0 Å². The predicted molar refractivity (Wildman–Crippen MR) is 187 cm³/mol. The summed E-state index contributed by atoms with van der Waals surface area (Å²) in [6.45, 7) is 4.67. The summed E-state index contributed by atoms with van der Waals surface area (Å²) >= 11 is 0. The Hall–Kier alpha value is -5.60. The van der Waals surface area contributed by atoms with Gasteiger partial charge in [-0.15, -0.1) is 0 Å². The minimum atomic E-state index is -0.0113. The molecule has 0 bridgehead atoms. The maximum Gasteiger partial charge on any atom is 0.160 e. The van der Waals surface area contributed by atoms with Crippen molar-refractivity contribution in [2.75, 3.05) is 0 Å². The van der Waals surface area contributed by atoms with Gasteiger partial charge in [0.2, 0.25) is 0 Å². The highest BCUT2D eigenvalue weighted by Gasteiger charge is 2.36. The van der Waals surface area contributed by atoms with Crippen molar-refractivity contribution in [3.8, 4) is 67.3 Å². The maximum atomic E-state index is 5.04. The summed E-state index contributed by atoms with van der Waals surface area (Å²) in [6.07, 6.45) is 0. The largest absolute Gasteiger partial charge is 0.228 e. The number of nitrogens with zero attached hydrogens (tertiary/aromatic N) is 2. The van der Waals surface area contributed by atoms with E-state index in [0.29, 0.717) is 0 Å². The van der Waals surface area contributed by atoms with E-state index < -0.39 is 0 Å². The fourth-order valence-electron chi connectivity index (χ4n) is 6.77. The maximum absolute atomic E-state index is 5.04. The minimum absolute atomic E-state index is 0.0113. The first-order valence-electron chi connectivity index (χ1n) is 15.5. The predicted octanol–water partition coefficient (Wildman–Crippen LogP) is 11.1. The van der Waals surface area contributed by atoms with Crippen molar-refractivity contribution in [3.63, 3.8) is 0 Å². The van der Waals surface area contributed by atoms with Gasteiger partial charge in [-0.2, -0.15) is 0 Å². The van der Waals surface area contributed by atoms with Gasteiger partial charge in [0, 0.05) is 22.1 Å². The summed E-state index contributed by atoms with van der Waals surface area (Å²) in [5.74, 6) is 0.717. The average molecular weight is 577 g/mol. The first-order valence-corrected chi connectivity index (χ1v) is 15.5. The van der Waals surface area contributed by atoms with E-state index in [4.69, 9.17) is 9.97 Å². The molecule has 0 spiro atoms. The molecule has 7 aromatic rings. The number of fused-ring (bicyclic) bond motifs is 3. The molecule has 0 unspecified atom stereocenters. The Morgan fingerprint density at radius 2 is 0.889 bits per heavy atom. The van der Waals surface area contributed by atoms with E-state index in [1.54, 1.807) is 0 Å². The van der Waals surface area contributed by atoms with Gasteiger partial charge in [0.25, 0.3) is 0 Å². The molecule has 6 aromatic carbocycles. The lowest BCUT2D eigenvalue weighted by atomic mass is 9.82. The van der Waals surface area contributed by atoms with Crippen LogP contribution >= 0.6 is 0 Å². The molecule has 0 saturated carbocycles. The van der Waals surface area contributed by atoms with E-state index in [-0.39, 0.29) is 5.41 Å². The van der Waals surface area contributed by atoms with E-state index in [1.165, 1.54) is 33.4 Å². The minimum Gasteiger partial charge on any atom is -0.228 e. The van der Waals surface area contributed by atoms with Crippen molar-refractivity contribution in [2.24, 2.45) is 0 Å². The highest BCUT2D eigenvalue weighted by atomic mass is 14.9. The summed E-state index contributed by atoms with van der Waals surface area (Å²) in [5.41, 5.74) is 15.3. The Morgan fingerprint density at radius 3 is 1.58 bits per heavy atom. The SMILES string of the molecule is CC1(C)c2ccccc2-c2c(-c3ccc(-c4cccc(-c5nc(-c6ccccc6)cc(-c6ccccc6)n5)c4)cc3)cccc21. The van der Waals surface area contributed by atoms with Gasteiger partial charge >= 0.3 is 0 Å². The van der Waals surface area contributed by atoms with Crippen molar-refractivity contribution in [1.82, 2.24) is 9.97 Å². The summed E-state index contributed by atoms with van der Waals surface area (Å²) in [5, 5.41) is 0. The van der Waals surface area contributed by atoms with E-state index in [1.807, 2.05) is 36.4 Å². The Balaban J connectivity index is 1.17. The Bertz CT molecular complexity index is 2100. The van der Waals surface area contributed by atoms with Crippen LogP contribution in [0.25, 0.3) is 67.3 Å². The third-order valence-corrected chi connectivity index (χ3v) is 9.12. The number of aromatic nitrogens is 2. The van der Waals surface area contributed by atoms with Gasteiger partial charge in [-0.3, -0.25) is 0 Å². The van der Waals surface area contributed by atoms with Gasteiger partial charge in [-0.05, 0) is 56.6 Å². The normalized spacial score (nSPS) is 12.8. The van der Waals surface area contributed by atoms with Crippen molar-refractivity contribution in [1.29, 1.82) is 0 Å². The van der Waals surface area contributed by atoms with Crippen LogP contribution in [0.5, 0.6) is 0 Å². The van der Waals surface area contributed by atoms with E-state index >= 15 is 0 Å². The highest BCUT2D eigenvalue weighted by molar-refractivity contribution is 5.92. The zero-order chi connectivity index (χ0) is 30.4. The third-order valence-electron chi connectivity index (χ3n) is 9.12. The van der Waals surface area contributed by atoms with Crippen LogP contribution in [-0.2, 0) is 5.41 Å². The first kappa shape index (κ1) is 27.0. The topological polar surface area (TPSA) is 25.8 Å². The molecule has 1 heterocycles. The summed E-state index contributed by atoms with van der Waals surface area (Å²) in [6, 6.07) is 55.9.